The van der Waals surface area contributed by atoms with E-state index < -0.39 is 0 Å². The average Bonchev–Trinajstić information content (AvgIpc) is 2.45. The summed E-state index contributed by atoms with van der Waals surface area (Å²) < 4.78 is 0. The second-order valence-electron chi connectivity index (χ2n) is 6.46. The number of aromatic nitrogens is 1. The van der Waals surface area contributed by atoms with Crippen molar-refractivity contribution in [3.8, 4) is 0 Å². The zero-order valence-electron chi connectivity index (χ0n) is 12.9. The van der Waals surface area contributed by atoms with Crippen LogP contribution in [0.1, 0.15) is 49.9 Å². The molecule has 0 spiro atoms. The zero-order chi connectivity index (χ0) is 14.8. The third-order valence-electron chi connectivity index (χ3n) is 4.45. The highest BCUT2D eigenvalue weighted by Gasteiger charge is 2.31. The molecule has 1 amide bonds. The van der Waals surface area contributed by atoms with E-state index in [9.17, 15) is 4.79 Å². The molecule has 0 atom stereocenters. The number of carbonyl (C=O) groups is 1. The number of nitrogens with zero attached hydrogens (tertiary/aromatic N) is 2. The van der Waals surface area contributed by atoms with Crippen molar-refractivity contribution < 1.29 is 4.79 Å². The molecule has 0 aliphatic heterocycles. The third kappa shape index (κ3) is 3.11. The SMILES string of the molecule is CNc1ncccc1C(=O)N(C)C1CCC(C)(C)CC1. The molecule has 4 nitrogen and oxygen atoms in total. The van der Waals surface area contributed by atoms with E-state index in [0.29, 0.717) is 22.8 Å². The predicted octanol–water partition coefficient (Wildman–Crippen LogP) is 3.16. The summed E-state index contributed by atoms with van der Waals surface area (Å²) in [6.07, 6.45) is 6.24. The van der Waals surface area contributed by atoms with Gasteiger partial charge in [0.05, 0.1) is 5.56 Å². The van der Waals surface area contributed by atoms with Crippen LogP contribution in [-0.4, -0.2) is 35.9 Å². The van der Waals surface area contributed by atoms with Crippen LogP contribution in [0, 0.1) is 5.41 Å². The maximum absolute atomic E-state index is 12.6. The number of hydrogen-bond acceptors (Lipinski definition) is 3. The molecule has 0 unspecified atom stereocenters. The van der Waals surface area contributed by atoms with Crippen LogP contribution in [0.2, 0.25) is 0 Å². The van der Waals surface area contributed by atoms with Gasteiger partial charge in [-0.25, -0.2) is 4.98 Å². The van der Waals surface area contributed by atoms with Gasteiger partial charge in [-0.2, -0.15) is 0 Å². The summed E-state index contributed by atoms with van der Waals surface area (Å²) in [5.74, 6) is 0.715. The van der Waals surface area contributed by atoms with Gasteiger partial charge in [0.2, 0.25) is 0 Å². The Bertz CT molecular complexity index is 474. The quantitative estimate of drug-likeness (QED) is 0.921. The van der Waals surface area contributed by atoms with Gasteiger partial charge in [-0.15, -0.1) is 0 Å². The molecule has 1 saturated carbocycles. The van der Waals surface area contributed by atoms with Crippen LogP contribution >= 0.6 is 0 Å². The first kappa shape index (κ1) is 14.8. The molecule has 1 aromatic rings. The van der Waals surface area contributed by atoms with Crippen molar-refractivity contribution in [1.29, 1.82) is 0 Å². The van der Waals surface area contributed by atoms with E-state index >= 15 is 0 Å². The van der Waals surface area contributed by atoms with Crippen LogP contribution in [0.25, 0.3) is 0 Å². The number of rotatable bonds is 3. The molecule has 1 aliphatic carbocycles. The highest BCUT2D eigenvalue weighted by atomic mass is 16.2. The number of carbonyl (C=O) groups excluding carboxylic acids is 1. The van der Waals surface area contributed by atoms with E-state index in [1.807, 2.05) is 24.1 Å². The lowest BCUT2D eigenvalue weighted by Gasteiger charge is -2.38. The number of hydrogen-bond donors (Lipinski definition) is 1. The molecule has 0 saturated heterocycles. The van der Waals surface area contributed by atoms with E-state index in [0.717, 1.165) is 12.8 Å². The molecule has 1 aliphatic rings. The van der Waals surface area contributed by atoms with Crippen LogP contribution in [0.15, 0.2) is 18.3 Å². The van der Waals surface area contributed by atoms with Gasteiger partial charge in [0.1, 0.15) is 5.82 Å². The number of pyridine rings is 1. The van der Waals surface area contributed by atoms with Crippen LogP contribution in [0.5, 0.6) is 0 Å². The fraction of sp³-hybridized carbons (Fsp3) is 0.625. The Kier molecular flexibility index (Phi) is 4.31. The molecule has 0 bridgehead atoms. The summed E-state index contributed by atoms with van der Waals surface area (Å²) in [6.45, 7) is 4.62. The summed E-state index contributed by atoms with van der Waals surface area (Å²) in [5.41, 5.74) is 1.08. The molecular weight excluding hydrogens is 250 g/mol. The minimum atomic E-state index is 0.0622. The Balaban J connectivity index is 2.09. The third-order valence-corrected chi connectivity index (χ3v) is 4.45. The van der Waals surface area contributed by atoms with E-state index in [1.165, 1.54) is 12.8 Å². The van der Waals surface area contributed by atoms with Crippen molar-refractivity contribution in [2.24, 2.45) is 5.41 Å². The molecule has 1 fully saturated rings. The Hall–Kier alpha value is -1.58. The lowest BCUT2D eigenvalue weighted by molar-refractivity contribution is 0.0636. The summed E-state index contributed by atoms with van der Waals surface area (Å²) in [7, 11) is 3.71. The van der Waals surface area contributed by atoms with Gasteiger partial charge >= 0.3 is 0 Å². The monoisotopic (exact) mass is 275 g/mol. The number of amides is 1. The molecule has 2 rings (SSSR count). The fourth-order valence-corrected chi connectivity index (χ4v) is 2.90. The van der Waals surface area contributed by atoms with Crippen molar-refractivity contribution in [1.82, 2.24) is 9.88 Å². The topological polar surface area (TPSA) is 45.2 Å². The molecule has 0 radical (unpaired) electrons. The van der Waals surface area contributed by atoms with Crippen molar-refractivity contribution in [3.63, 3.8) is 0 Å². The van der Waals surface area contributed by atoms with Gasteiger partial charge in [0, 0.05) is 26.3 Å². The lowest BCUT2D eigenvalue weighted by atomic mass is 9.75. The van der Waals surface area contributed by atoms with Gasteiger partial charge in [-0.05, 0) is 43.2 Å². The Morgan fingerprint density at radius 1 is 1.40 bits per heavy atom. The molecule has 0 aromatic carbocycles. The average molecular weight is 275 g/mol. The van der Waals surface area contributed by atoms with Crippen LogP contribution < -0.4 is 5.32 Å². The summed E-state index contributed by atoms with van der Waals surface area (Å²) in [6, 6.07) is 4.00. The minimum Gasteiger partial charge on any atom is -0.372 e. The van der Waals surface area contributed by atoms with Gasteiger partial charge < -0.3 is 10.2 Å². The highest BCUT2D eigenvalue weighted by molar-refractivity contribution is 5.98. The van der Waals surface area contributed by atoms with Crippen LogP contribution in [-0.2, 0) is 0 Å². The van der Waals surface area contributed by atoms with Crippen LogP contribution in [0.4, 0.5) is 5.82 Å². The molecule has 1 aromatic heterocycles. The van der Waals surface area contributed by atoms with Crippen molar-refractivity contribution in [2.75, 3.05) is 19.4 Å². The summed E-state index contributed by atoms with van der Waals surface area (Å²) >= 11 is 0. The molecular formula is C16H25N3O. The Morgan fingerprint density at radius 2 is 2.05 bits per heavy atom. The number of nitrogens with one attached hydrogen (secondary N) is 1. The highest BCUT2D eigenvalue weighted by Crippen LogP contribution is 2.37. The molecule has 4 heteroatoms. The van der Waals surface area contributed by atoms with E-state index in [4.69, 9.17) is 0 Å². The molecule has 1 heterocycles. The van der Waals surface area contributed by atoms with Crippen molar-refractivity contribution in [3.05, 3.63) is 23.9 Å². The van der Waals surface area contributed by atoms with Gasteiger partial charge in [-0.3, -0.25) is 4.79 Å². The van der Waals surface area contributed by atoms with E-state index in [1.54, 1.807) is 13.2 Å². The van der Waals surface area contributed by atoms with E-state index in [-0.39, 0.29) is 5.91 Å². The zero-order valence-corrected chi connectivity index (χ0v) is 12.9. The Morgan fingerprint density at radius 3 is 2.65 bits per heavy atom. The second-order valence-corrected chi connectivity index (χ2v) is 6.46. The van der Waals surface area contributed by atoms with Crippen LogP contribution in [0.3, 0.4) is 0 Å². The van der Waals surface area contributed by atoms with Gasteiger partial charge in [0.25, 0.3) is 5.91 Å². The standard InChI is InChI=1S/C16H25N3O/c1-16(2)9-7-12(8-10-16)19(4)15(20)13-6-5-11-18-14(13)17-3/h5-6,11-12H,7-10H2,1-4H3,(H,17,18). The maximum atomic E-state index is 12.6. The predicted molar refractivity (Wildman–Crippen MR) is 81.9 cm³/mol. The largest absolute Gasteiger partial charge is 0.372 e. The fourth-order valence-electron chi connectivity index (χ4n) is 2.90. The first-order valence-corrected chi connectivity index (χ1v) is 7.34. The Labute approximate surface area is 121 Å². The first-order chi connectivity index (χ1) is 9.44. The smallest absolute Gasteiger partial charge is 0.257 e. The second kappa shape index (κ2) is 5.81. The number of anilines is 1. The van der Waals surface area contributed by atoms with Crippen molar-refractivity contribution in [2.45, 2.75) is 45.6 Å². The maximum Gasteiger partial charge on any atom is 0.257 e. The minimum absolute atomic E-state index is 0.0622. The lowest BCUT2D eigenvalue weighted by Crippen LogP contribution is -2.41. The summed E-state index contributed by atoms with van der Waals surface area (Å²) in [4.78, 5) is 18.7. The molecule has 1 N–H and O–H groups in total. The molecule has 110 valence electrons. The van der Waals surface area contributed by atoms with Crippen molar-refractivity contribution >= 4 is 11.7 Å². The first-order valence-electron chi connectivity index (χ1n) is 7.34. The van der Waals surface area contributed by atoms with E-state index in [2.05, 4.69) is 24.1 Å². The summed E-state index contributed by atoms with van der Waals surface area (Å²) in [5, 5.41) is 2.99. The van der Waals surface area contributed by atoms with Gasteiger partial charge in [-0.1, -0.05) is 13.8 Å². The normalized spacial score (nSPS) is 18.6. The van der Waals surface area contributed by atoms with Gasteiger partial charge in [0.15, 0.2) is 0 Å². The molecule has 20 heavy (non-hydrogen) atoms.